The van der Waals surface area contributed by atoms with E-state index in [0.29, 0.717) is 6.42 Å². The van der Waals surface area contributed by atoms with E-state index in [1.807, 2.05) is 6.92 Å². The van der Waals surface area contributed by atoms with Crippen molar-refractivity contribution < 1.29 is 14.4 Å². The van der Waals surface area contributed by atoms with Crippen LogP contribution in [0, 0.1) is 5.92 Å². The number of rotatable bonds is 3. The zero-order valence-corrected chi connectivity index (χ0v) is 6.92. The molecule has 1 heterocycles. The Morgan fingerprint density at radius 2 is 2.25 bits per heavy atom. The molecule has 1 fully saturated rings. The van der Waals surface area contributed by atoms with E-state index < -0.39 is 11.8 Å². The van der Waals surface area contributed by atoms with E-state index in [9.17, 15) is 14.4 Å². The summed E-state index contributed by atoms with van der Waals surface area (Å²) in [4.78, 5) is 32.8. The molecule has 1 saturated heterocycles. The van der Waals surface area contributed by atoms with Crippen molar-refractivity contribution in [3.8, 4) is 0 Å². The van der Waals surface area contributed by atoms with Gasteiger partial charge in [0.25, 0.3) is 0 Å². The van der Waals surface area contributed by atoms with Crippen molar-refractivity contribution in [3.63, 3.8) is 0 Å². The fourth-order valence-corrected chi connectivity index (χ4v) is 1.23. The van der Waals surface area contributed by atoms with Crippen molar-refractivity contribution in [1.82, 2.24) is 5.32 Å². The third kappa shape index (κ3) is 1.69. The Labute approximate surface area is 70.3 Å². The predicted molar refractivity (Wildman–Crippen MR) is 41.2 cm³/mol. The number of ketones is 1. The van der Waals surface area contributed by atoms with Crippen molar-refractivity contribution in [1.29, 1.82) is 0 Å². The topological polar surface area (TPSA) is 63.2 Å². The maximum Gasteiger partial charge on any atom is 0.237 e. The molecule has 0 aromatic rings. The first-order valence-electron chi connectivity index (χ1n) is 4.01. The van der Waals surface area contributed by atoms with Crippen LogP contribution in [0.1, 0.15) is 26.2 Å². The Balaban J connectivity index is 2.58. The average Bonchev–Trinajstić information content (AvgIpc) is 2.30. The minimum Gasteiger partial charge on any atom is -0.299 e. The van der Waals surface area contributed by atoms with Gasteiger partial charge in [-0.1, -0.05) is 6.92 Å². The molecule has 0 aromatic heterocycles. The Morgan fingerprint density at radius 1 is 1.58 bits per heavy atom. The minimum absolute atomic E-state index is 0.0394. The molecule has 12 heavy (non-hydrogen) atoms. The molecule has 1 aliphatic heterocycles. The molecule has 0 bridgehead atoms. The van der Waals surface area contributed by atoms with Crippen LogP contribution in [-0.2, 0) is 14.4 Å². The van der Waals surface area contributed by atoms with Crippen LogP contribution >= 0.6 is 0 Å². The second-order valence-corrected chi connectivity index (χ2v) is 2.89. The number of carbonyl (C=O) groups excluding carboxylic acids is 3. The summed E-state index contributed by atoms with van der Waals surface area (Å²) < 4.78 is 0. The lowest BCUT2D eigenvalue weighted by Gasteiger charge is -2.01. The summed E-state index contributed by atoms with van der Waals surface area (Å²) in [6.07, 6.45) is 1.14. The lowest BCUT2D eigenvalue weighted by Crippen LogP contribution is -2.26. The van der Waals surface area contributed by atoms with Crippen molar-refractivity contribution in [2.24, 2.45) is 5.92 Å². The highest BCUT2D eigenvalue weighted by Gasteiger charge is 2.35. The summed E-state index contributed by atoms with van der Waals surface area (Å²) in [7, 11) is 0. The zero-order valence-electron chi connectivity index (χ0n) is 6.92. The average molecular weight is 169 g/mol. The van der Waals surface area contributed by atoms with Gasteiger partial charge in [0.1, 0.15) is 11.7 Å². The molecule has 0 spiro atoms. The molecule has 0 saturated carbocycles. The fourth-order valence-electron chi connectivity index (χ4n) is 1.23. The lowest BCUT2D eigenvalue weighted by atomic mass is 9.99. The summed E-state index contributed by atoms with van der Waals surface area (Å²) in [6, 6.07) is 0. The van der Waals surface area contributed by atoms with Crippen molar-refractivity contribution >= 4 is 17.6 Å². The van der Waals surface area contributed by atoms with Crippen LogP contribution in [0.25, 0.3) is 0 Å². The molecule has 66 valence electrons. The van der Waals surface area contributed by atoms with Crippen LogP contribution in [-0.4, -0.2) is 17.6 Å². The monoisotopic (exact) mass is 169 g/mol. The molecular weight excluding hydrogens is 158 g/mol. The molecule has 2 amide bonds. The van der Waals surface area contributed by atoms with E-state index in [1.54, 1.807) is 0 Å². The second kappa shape index (κ2) is 3.47. The van der Waals surface area contributed by atoms with Gasteiger partial charge in [0.05, 0.1) is 0 Å². The van der Waals surface area contributed by atoms with Gasteiger partial charge < -0.3 is 0 Å². The van der Waals surface area contributed by atoms with Gasteiger partial charge >= 0.3 is 0 Å². The van der Waals surface area contributed by atoms with E-state index in [4.69, 9.17) is 0 Å². The molecule has 0 aliphatic carbocycles. The number of carbonyl (C=O) groups is 3. The molecular formula is C8H11NO3. The van der Waals surface area contributed by atoms with Crippen molar-refractivity contribution in [2.75, 3.05) is 0 Å². The molecule has 1 unspecified atom stereocenters. The van der Waals surface area contributed by atoms with Gasteiger partial charge in [-0.25, -0.2) is 0 Å². The van der Waals surface area contributed by atoms with Gasteiger partial charge in [0.2, 0.25) is 11.8 Å². The summed E-state index contributed by atoms with van der Waals surface area (Å²) in [5.74, 6) is -1.61. The van der Waals surface area contributed by atoms with Crippen LogP contribution < -0.4 is 5.32 Å². The quantitative estimate of drug-likeness (QED) is 0.478. The Morgan fingerprint density at radius 3 is 2.67 bits per heavy atom. The minimum atomic E-state index is -0.711. The first kappa shape index (κ1) is 8.90. The Hall–Kier alpha value is -1.19. The van der Waals surface area contributed by atoms with Gasteiger partial charge in [-0.2, -0.15) is 0 Å². The molecule has 1 aliphatic rings. The Kier molecular flexibility index (Phi) is 2.58. The van der Waals surface area contributed by atoms with E-state index >= 15 is 0 Å². The number of amides is 2. The summed E-state index contributed by atoms with van der Waals surface area (Å²) in [5.41, 5.74) is 0. The maximum atomic E-state index is 11.2. The third-order valence-corrected chi connectivity index (χ3v) is 1.85. The standard InChI is InChI=1S/C8H11NO3/c1-2-3-6(10)5-4-7(11)9-8(5)12/h5H,2-4H2,1H3,(H,9,11,12). The number of Topliss-reactive ketones (excluding diaryl/α,β-unsaturated/α-hetero) is 1. The summed E-state index contributed by atoms with van der Waals surface area (Å²) in [5, 5.41) is 2.11. The first-order valence-corrected chi connectivity index (χ1v) is 4.01. The van der Waals surface area contributed by atoms with Gasteiger partial charge in [-0.15, -0.1) is 0 Å². The highest BCUT2D eigenvalue weighted by atomic mass is 16.2. The van der Waals surface area contributed by atoms with E-state index in [2.05, 4.69) is 5.32 Å². The van der Waals surface area contributed by atoms with E-state index in [1.165, 1.54) is 0 Å². The third-order valence-electron chi connectivity index (χ3n) is 1.85. The Bertz CT molecular complexity index is 234. The van der Waals surface area contributed by atoms with Crippen LogP contribution in [0.3, 0.4) is 0 Å². The largest absolute Gasteiger partial charge is 0.299 e. The number of imide groups is 1. The first-order chi connectivity index (χ1) is 5.65. The second-order valence-electron chi connectivity index (χ2n) is 2.89. The normalized spacial score (nSPS) is 22.6. The highest BCUT2D eigenvalue weighted by Crippen LogP contribution is 2.14. The summed E-state index contributed by atoms with van der Waals surface area (Å²) in [6.45, 7) is 1.87. The summed E-state index contributed by atoms with van der Waals surface area (Å²) >= 11 is 0. The van der Waals surface area contributed by atoms with Gasteiger partial charge in [-0.05, 0) is 6.42 Å². The van der Waals surface area contributed by atoms with Gasteiger partial charge in [-0.3, -0.25) is 19.7 Å². The lowest BCUT2D eigenvalue weighted by molar-refractivity contribution is -0.131. The van der Waals surface area contributed by atoms with Gasteiger partial charge in [0, 0.05) is 12.8 Å². The zero-order chi connectivity index (χ0) is 9.14. The molecule has 1 atom stereocenters. The molecule has 4 heteroatoms. The highest BCUT2D eigenvalue weighted by molar-refractivity contribution is 6.14. The van der Waals surface area contributed by atoms with Gasteiger partial charge in [0.15, 0.2) is 0 Å². The number of hydrogen-bond acceptors (Lipinski definition) is 3. The van der Waals surface area contributed by atoms with Crippen LogP contribution in [0.5, 0.6) is 0 Å². The van der Waals surface area contributed by atoms with Crippen molar-refractivity contribution in [2.45, 2.75) is 26.2 Å². The molecule has 4 nitrogen and oxygen atoms in total. The molecule has 1 N–H and O–H groups in total. The van der Waals surface area contributed by atoms with Crippen LogP contribution in [0.2, 0.25) is 0 Å². The molecule has 0 aromatic carbocycles. The smallest absolute Gasteiger partial charge is 0.237 e. The number of nitrogens with one attached hydrogen (secondary N) is 1. The molecule has 0 radical (unpaired) electrons. The SMILES string of the molecule is CCCC(=O)C1CC(=O)NC1=O. The molecule has 1 rings (SSSR count). The van der Waals surface area contributed by atoms with Crippen LogP contribution in [0.15, 0.2) is 0 Å². The van der Waals surface area contributed by atoms with E-state index in [0.717, 1.165) is 6.42 Å². The predicted octanol–water partition coefficient (Wildman–Crippen LogP) is 0.0183. The van der Waals surface area contributed by atoms with Crippen molar-refractivity contribution in [3.05, 3.63) is 0 Å². The van der Waals surface area contributed by atoms with Crippen LogP contribution in [0.4, 0.5) is 0 Å². The fraction of sp³-hybridized carbons (Fsp3) is 0.625. The van der Waals surface area contributed by atoms with E-state index in [-0.39, 0.29) is 18.1 Å². The maximum absolute atomic E-state index is 11.2. The number of hydrogen-bond donors (Lipinski definition) is 1.